The van der Waals surface area contributed by atoms with Crippen molar-refractivity contribution >= 4 is 23.4 Å². The number of hydrogen-bond donors (Lipinski definition) is 2. The molecule has 8 nitrogen and oxygen atoms in total. The maximum absolute atomic E-state index is 13.1. The molecule has 1 saturated heterocycles. The van der Waals surface area contributed by atoms with Gasteiger partial charge in [0.2, 0.25) is 0 Å². The first-order valence-corrected chi connectivity index (χ1v) is 10.7. The van der Waals surface area contributed by atoms with Crippen LogP contribution in [-0.4, -0.2) is 53.5 Å². The number of ketones is 1. The lowest BCUT2D eigenvalue weighted by atomic mass is 9.94. The van der Waals surface area contributed by atoms with Crippen molar-refractivity contribution in [2.45, 2.75) is 31.7 Å². The number of aliphatic carboxylic acids is 1. The van der Waals surface area contributed by atoms with Gasteiger partial charge >= 0.3 is 5.97 Å². The van der Waals surface area contributed by atoms with Crippen molar-refractivity contribution in [3.05, 3.63) is 65.2 Å². The normalized spacial score (nSPS) is 17.3. The third-order valence-corrected chi connectivity index (χ3v) is 5.61. The maximum Gasteiger partial charge on any atom is 0.303 e. The minimum Gasteiger partial charge on any atom is -0.507 e. The number of nitrogens with zero attached hydrogens (tertiary/aromatic N) is 1. The molecule has 33 heavy (non-hydrogen) atoms. The number of ether oxygens (including phenoxy) is 2. The molecule has 1 unspecified atom stereocenters. The number of carboxylic acid groups (broad SMARTS) is 1. The number of aliphatic hydroxyl groups is 1. The van der Waals surface area contributed by atoms with Gasteiger partial charge in [-0.3, -0.25) is 14.4 Å². The first-order chi connectivity index (χ1) is 15.9. The number of hydrogen-bond acceptors (Lipinski definition) is 6. The zero-order valence-corrected chi connectivity index (χ0v) is 18.6. The number of benzene rings is 2. The summed E-state index contributed by atoms with van der Waals surface area (Å²) in [5.41, 5.74) is 0.908. The maximum atomic E-state index is 13.1. The molecule has 1 atom stereocenters. The Bertz CT molecular complexity index is 1060. The first kappa shape index (κ1) is 23.8. The predicted molar refractivity (Wildman–Crippen MR) is 121 cm³/mol. The summed E-state index contributed by atoms with van der Waals surface area (Å²) >= 11 is 0. The third kappa shape index (κ3) is 5.16. The minimum absolute atomic E-state index is 0.0247. The summed E-state index contributed by atoms with van der Waals surface area (Å²) in [6.45, 7) is 0.223. The second kappa shape index (κ2) is 10.7. The largest absolute Gasteiger partial charge is 0.507 e. The Morgan fingerprint density at radius 2 is 1.70 bits per heavy atom. The average Bonchev–Trinajstić information content (AvgIpc) is 3.08. The fraction of sp³-hybridized carbons (Fsp3) is 0.320. The van der Waals surface area contributed by atoms with E-state index >= 15 is 0 Å². The molecular weight excluding hydrogens is 426 g/mol. The molecule has 0 aromatic heterocycles. The van der Waals surface area contributed by atoms with Crippen LogP contribution >= 0.6 is 0 Å². The predicted octanol–water partition coefficient (Wildman–Crippen LogP) is 3.77. The number of aliphatic hydroxyl groups excluding tert-OH is 1. The van der Waals surface area contributed by atoms with Gasteiger partial charge in [-0.25, -0.2) is 0 Å². The molecule has 0 bridgehead atoms. The fourth-order valence-corrected chi connectivity index (χ4v) is 3.97. The van der Waals surface area contributed by atoms with E-state index in [0.29, 0.717) is 41.9 Å². The van der Waals surface area contributed by atoms with Crippen LogP contribution in [0.3, 0.4) is 0 Å². The SMILES string of the molecule is COc1ccc(OC)c(C2/C(=C(/O)c3ccccc3)C(=O)C(=O)N2CCCCCC(=O)O)c1. The number of amides is 1. The highest BCUT2D eigenvalue weighted by molar-refractivity contribution is 6.46. The van der Waals surface area contributed by atoms with Crippen LogP contribution in [0.2, 0.25) is 0 Å². The van der Waals surface area contributed by atoms with E-state index in [1.807, 2.05) is 0 Å². The Hall–Kier alpha value is -3.81. The Morgan fingerprint density at radius 3 is 2.33 bits per heavy atom. The second-order valence-corrected chi connectivity index (χ2v) is 7.67. The van der Waals surface area contributed by atoms with E-state index < -0.39 is 23.7 Å². The quantitative estimate of drug-likeness (QED) is 0.244. The van der Waals surface area contributed by atoms with Crippen LogP contribution in [0.1, 0.15) is 42.9 Å². The van der Waals surface area contributed by atoms with E-state index in [0.717, 1.165) is 0 Å². The smallest absolute Gasteiger partial charge is 0.303 e. The van der Waals surface area contributed by atoms with E-state index in [1.54, 1.807) is 48.5 Å². The molecule has 0 spiro atoms. The van der Waals surface area contributed by atoms with Gasteiger partial charge in [-0.15, -0.1) is 0 Å². The molecule has 2 aromatic rings. The van der Waals surface area contributed by atoms with E-state index in [9.17, 15) is 19.5 Å². The van der Waals surface area contributed by atoms with Crippen LogP contribution in [0.4, 0.5) is 0 Å². The van der Waals surface area contributed by atoms with E-state index in [-0.39, 0.29) is 24.3 Å². The van der Waals surface area contributed by atoms with Crippen LogP contribution in [0.25, 0.3) is 5.76 Å². The third-order valence-electron chi connectivity index (χ3n) is 5.61. The van der Waals surface area contributed by atoms with Crippen molar-refractivity contribution < 1.29 is 34.1 Å². The summed E-state index contributed by atoms with van der Waals surface area (Å²) in [5, 5.41) is 19.9. The molecule has 174 valence electrons. The number of carboxylic acids is 1. The molecule has 0 radical (unpaired) electrons. The number of carbonyl (C=O) groups excluding carboxylic acids is 2. The number of rotatable bonds is 10. The van der Waals surface area contributed by atoms with Crippen molar-refractivity contribution in [1.29, 1.82) is 0 Å². The van der Waals surface area contributed by atoms with E-state index in [1.165, 1.54) is 19.1 Å². The number of methoxy groups -OCH3 is 2. The van der Waals surface area contributed by atoms with E-state index in [2.05, 4.69) is 0 Å². The van der Waals surface area contributed by atoms with Crippen molar-refractivity contribution in [3.8, 4) is 11.5 Å². The van der Waals surface area contributed by atoms with Crippen LogP contribution < -0.4 is 9.47 Å². The molecule has 1 heterocycles. The highest BCUT2D eigenvalue weighted by Crippen LogP contribution is 2.44. The Morgan fingerprint density at radius 1 is 0.970 bits per heavy atom. The first-order valence-electron chi connectivity index (χ1n) is 10.7. The summed E-state index contributed by atoms with van der Waals surface area (Å²) in [4.78, 5) is 38.3. The zero-order valence-electron chi connectivity index (χ0n) is 18.6. The summed E-state index contributed by atoms with van der Waals surface area (Å²) in [7, 11) is 3.00. The summed E-state index contributed by atoms with van der Waals surface area (Å²) < 4.78 is 10.8. The van der Waals surface area contributed by atoms with Crippen molar-refractivity contribution in [1.82, 2.24) is 4.90 Å². The average molecular weight is 453 g/mol. The van der Waals surface area contributed by atoms with Gasteiger partial charge in [-0.2, -0.15) is 0 Å². The molecule has 3 rings (SSSR count). The van der Waals surface area contributed by atoms with Crippen molar-refractivity contribution in [3.63, 3.8) is 0 Å². The Labute approximate surface area is 192 Å². The Balaban J connectivity index is 2.07. The van der Waals surface area contributed by atoms with Crippen LogP contribution in [0.15, 0.2) is 54.1 Å². The van der Waals surface area contributed by atoms with Gasteiger partial charge in [-0.1, -0.05) is 36.8 Å². The molecule has 8 heteroatoms. The number of Topliss-reactive ketones (excluding diaryl/α,β-unsaturated/α-hetero) is 1. The summed E-state index contributed by atoms with van der Waals surface area (Å²) in [6.07, 6.45) is 1.60. The molecule has 1 amide bonds. The van der Waals surface area contributed by atoms with E-state index in [4.69, 9.17) is 14.6 Å². The lowest BCUT2D eigenvalue weighted by molar-refractivity contribution is -0.140. The van der Waals surface area contributed by atoms with Crippen molar-refractivity contribution in [2.24, 2.45) is 0 Å². The fourth-order valence-electron chi connectivity index (χ4n) is 3.97. The molecule has 2 N–H and O–H groups in total. The van der Waals surface area contributed by atoms with Crippen LogP contribution in [-0.2, 0) is 14.4 Å². The van der Waals surface area contributed by atoms with Gasteiger partial charge < -0.3 is 24.6 Å². The van der Waals surface area contributed by atoms with Gasteiger partial charge in [-0.05, 0) is 31.0 Å². The monoisotopic (exact) mass is 453 g/mol. The molecule has 1 aliphatic heterocycles. The summed E-state index contributed by atoms with van der Waals surface area (Å²) in [6, 6.07) is 12.8. The van der Waals surface area contributed by atoms with Gasteiger partial charge in [0, 0.05) is 24.1 Å². The van der Waals surface area contributed by atoms with Gasteiger partial charge in [0.25, 0.3) is 11.7 Å². The molecular formula is C25H27NO7. The lowest BCUT2D eigenvalue weighted by Gasteiger charge is -2.27. The molecule has 1 aliphatic rings. The second-order valence-electron chi connectivity index (χ2n) is 7.67. The standard InChI is InChI=1S/C25H27NO7/c1-32-17-12-13-19(33-2)18(15-17)22-21(23(29)16-9-5-3-6-10-16)24(30)25(31)26(22)14-8-4-7-11-20(27)28/h3,5-6,9-10,12-13,15,22,29H,4,7-8,11,14H2,1-2H3,(H,27,28)/b23-21-. The van der Waals surface area contributed by atoms with Crippen molar-refractivity contribution in [2.75, 3.05) is 20.8 Å². The highest BCUT2D eigenvalue weighted by atomic mass is 16.5. The molecule has 2 aromatic carbocycles. The van der Waals surface area contributed by atoms with Gasteiger partial charge in [0.15, 0.2) is 0 Å². The topological polar surface area (TPSA) is 113 Å². The lowest BCUT2D eigenvalue weighted by Crippen LogP contribution is -2.31. The zero-order chi connectivity index (χ0) is 24.0. The number of likely N-dealkylation sites (tertiary alicyclic amines) is 1. The minimum atomic E-state index is -0.880. The van der Waals surface area contributed by atoms with Gasteiger partial charge in [0.05, 0.1) is 25.8 Å². The molecule has 0 saturated carbocycles. The Kier molecular flexibility index (Phi) is 7.71. The number of carbonyl (C=O) groups is 3. The van der Waals surface area contributed by atoms with Crippen LogP contribution in [0.5, 0.6) is 11.5 Å². The van der Waals surface area contributed by atoms with Gasteiger partial charge in [0.1, 0.15) is 17.3 Å². The summed E-state index contributed by atoms with van der Waals surface area (Å²) in [5.74, 6) is -1.69. The molecule has 1 fully saturated rings. The van der Waals surface area contributed by atoms with Crippen LogP contribution in [0, 0.1) is 0 Å². The highest BCUT2D eigenvalue weighted by Gasteiger charge is 2.46. The number of unbranched alkanes of at least 4 members (excludes halogenated alkanes) is 2. The molecule has 0 aliphatic carbocycles.